The number of hydrogen-bond donors (Lipinski definition) is 2. The number of rotatable bonds is 3. The van der Waals surface area contributed by atoms with Gasteiger partial charge in [0.2, 0.25) is 5.91 Å². The maximum atomic E-state index is 12.7. The van der Waals surface area contributed by atoms with Crippen molar-refractivity contribution in [1.29, 1.82) is 0 Å². The molecule has 2 unspecified atom stereocenters. The summed E-state index contributed by atoms with van der Waals surface area (Å²) < 4.78 is 5.24. The van der Waals surface area contributed by atoms with Gasteiger partial charge in [-0.1, -0.05) is 0 Å². The van der Waals surface area contributed by atoms with Crippen LogP contribution in [0, 0.1) is 35.5 Å². The van der Waals surface area contributed by atoms with Crippen molar-refractivity contribution in [1.82, 2.24) is 5.32 Å². The molecule has 5 rings (SSSR count). The van der Waals surface area contributed by atoms with Gasteiger partial charge < -0.3 is 15.2 Å². The lowest BCUT2D eigenvalue weighted by molar-refractivity contribution is -0.143. The van der Waals surface area contributed by atoms with Crippen LogP contribution < -0.4 is 5.32 Å². The number of carboxylic acids is 1. The van der Waals surface area contributed by atoms with Crippen molar-refractivity contribution in [3.8, 4) is 0 Å². The highest BCUT2D eigenvalue weighted by Crippen LogP contribution is 2.56. The lowest BCUT2D eigenvalue weighted by Crippen LogP contribution is -2.54. The van der Waals surface area contributed by atoms with Crippen LogP contribution in [0.4, 0.5) is 0 Å². The monoisotopic (exact) mass is 293 g/mol. The molecule has 0 aromatic heterocycles. The fourth-order valence-corrected chi connectivity index (χ4v) is 5.57. The van der Waals surface area contributed by atoms with Crippen molar-refractivity contribution in [3.05, 3.63) is 0 Å². The van der Waals surface area contributed by atoms with Gasteiger partial charge in [0, 0.05) is 5.92 Å². The van der Waals surface area contributed by atoms with Crippen molar-refractivity contribution in [2.24, 2.45) is 35.5 Å². The fraction of sp³-hybridized carbons (Fsp3) is 0.875. The molecule has 1 amide bonds. The van der Waals surface area contributed by atoms with Crippen LogP contribution in [0.15, 0.2) is 0 Å². The van der Waals surface area contributed by atoms with E-state index in [2.05, 4.69) is 5.32 Å². The number of amides is 1. The highest BCUT2D eigenvalue weighted by atomic mass is 16.5. The molecule has 116 valence electrons. The third-order valence-electron chi connectivity index (χ3n) is 6.25. The number of ether oxygens (including phenoxy) is 1. The predicted molar refractivity (Wildman–Crippen MR) is 74.4 cm³/mol. The van der Waals surface area contributed by atoms with Crippen LogP contribution in [-0.2, 0) is 14.3 Å². The molecule has 2 atom stereocenters. The summed E-state index contributed by atoms with van der Waals surface area (Å²) in [7, 11) is 0. The Morgan fingerprint density at radius 2 is 1.57 bits per heavy atom. The number of carboxylic acid groups (broad SMARTS) is 1. The highest BCUT2D eigenvalue weighted by Gasteiger charge is 2.51. The molecule has 5 aliphatic rings. The second-order valence-electron chi connectivity index (χ2n) is 7.55. The van der Waals surface area contributed by atoms with Crippen molar-refractivity contribution in [2.45, 2.75) is 38.1 Å². The Bertz CT molecular complexity index is 435. The van der Waals surface area contributed by atoms with Gasteiger partial charge in [0.15, 0.2) is 0 Å². The normalized spacial score (nSPS) is 47.5. The molecule has 2 N–H and O–H groups in total. The van der Waals surface area contributed by atoms with E-state index in [1.165, 1.54) is 32.1 Å². The topological polar surface area (TPSA) is 75.6 Å². The van der Waals surface area contributed by atoms with Crippen LogP contribution in [0.3, 0.4) is 0 Å². The number of carbonyl (C=O) groups is 2. The standard InChI is InChI=1S/C16H23NO4/c18-15(17-13-7-21-6-12(13)16(19)20)14-10-2-8-1-9(4-10)5-11(14)3-8/h8-14H,1-7H2,(H,17,18)(H,19,20). The minimum Gasteiger partial charge on any atom is -0.481 e. The van der Waals surface area contributed by atoms with E-state index in [0.717, 1.165) is 11.8 Å². The predicted octanol–water partition coefficient (Wildman–Crippen LogP) is 1.27. The quantitative estimate of drug-likeness (QED) is 0.822. The summed E-state index contributed by atoms with van der Waals surface area (Å²) in [6.45, 7) is 0.540. The van der Waals surface area contributed by atoms with Crippen molar-refractivity contribution in [2.75, 3.05) is 13.2 Å². The third-order valence-corrected chi connectivity index (χ3v) is 6.25. The van der Waals surface area contributed by atoms with E-state index < -0.39 is 11.9 Å². The number of hydrogen-bond acceptors (Lipinski definition) is 3. The molecule has 4 saturated carbocycles. The molecule has 1 heterocycles. The first-order valence-corrected chi connectivity index (χ1v) is 8.22. The van der Waals surface area contributed by atoms with Gasteiger partial charge in [-0.15, -0.1) is 0 Å². The van der Waals surface area contributed by atoms with Crippen LogP contribution in [0.1, 0.15) is 32.1 Å². The second kappa shape index (κ2) is 4.97. The zero-order valence-electron chi connectivity index (χ0n) is 12.2. The van der Waals surface area contributed by atoms with Crippen molar-refractivity contribution in [3.63, 3.8) is 0 Å². The molecule has 0 radical (unpaired) electrons. The largest absolute Gasteiger partial charge is 0.481 e. The van der Waals surface area contributed by atoms with Crippen LogP contribution in [0.5, 0.6) is 0 Å². The molecule has 5 fully saturated rings. The zero-order valence-corrected chi connectivity index (χ0v) is 12.2. The highest BCUT2D eigenvalue weighted by molar-refractivity contribution is 5.81. The molecule has 21 heavy (non-hydrogen) atoms. The van der Waals surface area contributed by atoms with Crippen LogP contribution in [0.25, 0.3) is 0 Å². The van der Waals surface area contributed by atoms with E-state index in [-0.39, 0.29) is 24.5 Å². The first-order valence-electron chi connectivity index (χ1n) is 8.22. The Balaban J connectivity index is 1.44. The van der Waals surface area contributed by atoms with E-state index in [0.29, 0.717) is 18.4 Å². The van der Waals surface area contributed by atoms with Crippen LogP contribution in [-0.4, -0.2) is 36.2 Å². The van der Waals surface area contributed by atoms with Gasteiger partial charge in [-0.25, -0.2) is 0 Å². The van der Waals surface area contributed by atoms with Gasteiger partial charge in [0.05, 0.1) is 19.3 Å². The summed E-state index contributed by atoms with van der Waals surface area (Å²) in [4.78, 5) is 23.9. The van der Waals surface area contributed by atoms with E-state index in [9.17, 15) is 14.7 Å². The van der Waals surface area contributed by atoms with Crippen molar-refractivity contribution < 1.29 is 19.4 Å². The fourth-order valence-electron chi connectivity index (χ4n) is 5.57. The summed E-state index contributed by atoms with van der Waals surface area (Å²) in [6, 6.07) is -0.354. The second-order valence-corrected chi connectivity index (χ2v) is 7.55. The Labute approximate surface area is 124 Å². The average Bonchev–Trinajstić information content (AvgIpc) is 2.85. The van der Waals surface area contributed by atoms with Gasteiger partial charge in [0.25, 0.3) is 0 Å². The van der Waals surface area contributed by atoms with Gasteiger partial charge in [-0.2, -0.15) is 0 Å². The Kier molecular flexibility index (Phi) is 3.21. The first kappa shape index (κ1) is 13.6. The molecule has 0 spiro atoms. The molecule has 4 bridgehead atoms. The number of nitrogens with one attached hydrogen (secondary N) is 1. The average molecular weight is 293 g/mol. The van der Waals surface area contributed by atoms with Gasteiger partial charge in [-0.05, 0) is 55.8 Å². The summed E-state index contributed by atoms with van der Waals surface area (Å²) in [6.07, 6.45) is 6.19. The molecule has 5 heteroatoms. The number of carbonyl (C=O) groups excluding carboxylic acids is 1. The lowest BCUT2D eigenvalue weighted by atomic mass is 9.51. The first-order chi connectivity index (χ1) is 10.1. The summed E-state index contributed by atoms with van der Waals surface area (Å²) in [5.41, 5.74) is 0. The molecular weight excluding hydrogens is 270 g/mol. The maximum Gasteiger partial charge on any atom is 0.311 e. The molecule has 5 nitrogen and oxygen atoms in total. The summed E-state index contributed by atoms with van der Waals surface area (Å²) in [5, 5.41) is 12.2. The van der Waals surface area contributed by atoms with Gasteiger partial charge in [-0.3, -0.25) is 9.59 Å². The van der Waals surface area contributed by atoms with Gasteiger partial charge in [0.1, 0.15) is 5.92 Å². The maximum absolute atomic E-state index is 12.7. The molecule has 0 aromatic rings. The molecular formula is C16H23NO4. The summed E-state index contributed by atoms with van der Waals surface area (Å²) in [5.74, 6) is 1.50. The Morgan fingerprint density at radius 3 is 2.14 bits per heavy atom. The SMILES string of the molecule is O=C(O)C1COCC1NC(=O)C1C2CC3CC(C2)CC1C3. The van der Waals surface area contributed by atoms with Crippen LogP contribution >= 0.6 is 0 Å². The van der Waals surface area contributed by atoms with E-state index >= 15 is 0 Å². The smallest absolute Gasteiger partial charge is 0.311 e. The molecule has 4 aliphatic carbocycles. The minimum absolute atomic E-state index is 0.0885. The molecule has 0 aromatic carbocycles. The Hall–Kier alpha value is -1.10. The molecule has 1 aliphatic heterocycles. The van der Waals surface area contributed by atoms with Crippen LogP contribution in [0.2, 0.25) is 0 Å². The lowest BCUT2D eigenvalue weighted by Gasteiger charge is -2.53. The van der Waals surface area contributed by atoms with E-state index in [1.54, 1.807) is 0 Å². The molecule has 1 saturated heterocycles. The summed E-state index contributed by atoms with van der Waals surface area (Å²) >= 11 is 0. The minimum atomic E-state index is -0.872. The van der Waals surface area contributed by atoms with Crippen molar-refractivity contribution >= 4 is 11.9 Å². The van der Waals surface area contributed by atoms with E-state index in [1.807, 2.05) is 0 Å². The zero-order chi connectivity index (χ0) is 14.6. The van der Waals surface area contributed by atoms with E-state index in [4.69, 9.17) is 4.74 Å². The van der Waals surface area contributed by atoms with Gasteiger partial charge >= 0.3 is 5.97 Å². The Morgan fingerprint density at radius 1 is 0.952 bits per heavy atom. The number of aliphatic carboxylic acids is 1. The third kappa shape index (κ3) is 2.26.